The Morgan fingerprint density at radius 3 is 2.22 bits per heavy atom. The molecule has 0 heterocycles. The zero-order valence-corrected chi connectivity index (χ0v) is 10.1. The second-order valence-electron chi connectivity index (χ2n) is 3.67. The molecule has 1 aromatic carbocycles. The van der Waals surface area contributed by atoms with E-state index >= 15 is 0 Å². The first-order chi connectivity index (χ1) is 8.30. The smallest absolute Gasteiger partial charge is 0.304 e. The Morgan fingerprint density at radius 1 is 1.17 bits per heavy atom. The lowest BCUT2D eigenvalue weighted by atomic mass is 10.1. The molecule has 1 aromatic rings. The van der Waals surface area contributed by atoms with Crippen molar-refractivity contribution in [2.24, 2.45) is 0 Å². The van der Waals surface area contributed by atoms with E-state index in [4.69, 9.17) is 5.11 Å². The number of aliphatic carboxylic acids is 1. The lowest BCUT2D eigenvalue weighted by molar-refractivity contribution is -0.136. The molecule has 0 spiro atoms. The summed E-state index contributed by atoms with van der Waals surface area (Å²) in [5.74, 6) is -3.81. The van der Waals surface area contributed by atoms with Crippen LogP contribution < -0.4 is 0 Å². The molecule has 7 heteroatoms. The van der Waals surface area contributed by atoms with Crippen LogP contribution in [0.2, 0.25) is 0 Å². The van der Waals surface area contributed by atoms with Crippen molar-refractivity contribution in [3.63, 3.8) is 0 Å². The summed E-state index contributed by atoms with van der Waals surface area (Å²) in [5.41, 5.74) is 0.0790. The number of hydrogen-bond acceptors (Lipinski definition) is 4. The minimum absolute atomic E-state index is 0.0790. The van der Waals surface area contributed by atoms with Gasteiger partial charge in [0, 0.05) is 5.56 Å². The fourth-order valence-corrected chi connectivity index (χ4v) is 2.43. The van der Waals surface area contributed by atoms with Crippen molar-refractivity contribution < 1.29 is 27.5 Å². The number of rotatable bonds is 6. The van der Waals surface area contributed by atoms with Gasteiger partial charge in [0.25, 0.3) is 0 Å². The maximum Gasteiger partial charge on any atom is 0.304 e. The van der Waals surface area contributed by atoms with E-state index in [0.29, 0.717) is 0 Å². The van der Waals surface area contributed by atoms with Crippen LogP contribution in [0.4, 0.5) is 4.39 Å². The Morgan fingerprint density at radius 2 is 1.72 bits per heavy atom. The third-order valence-corrected chi connectivity index (χ3v) is 3.67. The Hall–Kier alpha value is -1.76. The Balaban J connectivity index is 2.69. The first kappa shape index (κ1) is 14.3. The highest BCUT2D eigenvalue weighted by molar-refractivity contribution is 7.92. The van der Waals surface area contributed by atoms with E-state index in [9.17, 15) is 22.4 Å². The van der Waals surface area contributed by atoms with Crippen molar-refractivity contribution in [1.82, 2.24) is 0 Å². The topological polar surface area (TPSA) is 88.5 Å². The number of carboxylic acids is 1. The monoisotopic (exact) mass is 274 g/mol. The van der Waals surface area contributed by atoms with Gasteiger partial charge in [-0.15, -0.1) is 0 Å². The summed E-state index contributed by atoms with van der Waals surface area (Å²) in [4.78, 5) is 21.8. The van der Waals surface area contributed by atoms with E-state index in [-0.39, 0.29) is 5.56 Å². The lowest BCUT2D eigenvalue weighted by Gasteiger charge is -2.02. The van der Waals surface area contributed by atoms with Gasteiger partial charge in [-0.1, -0.05) is 0 Å². The number of ketones is 1. The largest absolute Gasteiger partial charge is 0.481 e. The zero-order chi connectivity index (χ0) is 13.8. The third kappa shape index (κ3) is 4.62. The van der Waals surface area contributed by atoms with E-state index in [1.54, 1.807) is 0 Å². The number of halogens is 1. The number of sulfone groups is 1. The van der Waals surface area contributed by atoms with E-state index in [2.05, 4.69) is 0 Å². The van der Waals surface area contributed by atoms with E-state index in [1.165, 1.54) is 12.1 Å². The SMILES string of the molecule is O=C(O)CCS(=O)(=O)CC(=O)c1ccc(F)cc1. The van der Waals surface area contributed by atoms with Crippen LogP contribution in [0.15, 0.2) is 24.3 Å². The molecule has 0 aliphatic rings. The van der Waals surface area contributed by atoms with Crippen molar-refractivity contribution in [1.29, 1.82) is 0 Å². The van der Waals surface area contributed by atoms with Gasteiger partial charge in [-0.3, -0.25) is 9.59 Å². The molecular formula is C11H11FO5S. The molecular weight excluding hydrogens is 263 g/mol. The fourth-order valence-electron chi connectivity index (χ4n) is 1.23. The summed E-state index contributed by atoms with van der Waals surface area (Å²) < 4.78 is 35.5. The van der Waals surface area contributed by atoms with Crippen LogP contribution in [0.5, 0.6) is 0 Å². The quantitative estimate of drug-likeness (QED) is 0.778. The summed E-state index contributed by atoms with van der Waals surface area (Å²) in [6, 6.07) is 4.48. The molecule has 0 saturated heterocycles. The molecule has 0 aliphatic carbocycles. The maximum atomic E-state index is 12.6. The molecule has 0 radical (unpaired) electrons. The maximum absolute atomic E-state index is 12.6. The van der Waals surface area contributed by atoms with E-state index < -0.39 is 45.3 Å². The van der Waals surface area contributed by atoms with Crippen molar-refractivity contribution in [3.8, 4) is 0 Å². The predicted molar refractivity (Wildman–Crippen MR) is 61.6 cm³/mol. The number of hydrogen-bond donors (Lipinski definition) is 1. The number of carbonyl (C=O) groups is 2. The molecule has 0 fully saturated rings. The van der Waals surface area contributed by atoms with Gasteiger partial charge >= 0.3 is 5.97 Å². The first-order valence-corrected chi connectivity index (χ1v) is 6.83. The van der Waals surface area contributed by atoms with Gasteiger partial charge in [0.2, 0.25) is 0 Å². The van der Waals surface area contributed by atoms with Gasteiger partial charge in [-0.25, -0.2) is 12.8 Å². The molecule has 18 heavy (non-hydrogen) atoms. The van der Waals surface area contributed by atoms with Gasteiger partial charge in [-0.05, 0) is 24.3 Å². The molecule has 0 atom stereocenters. The van der Waals surface area contributed by atoms with Crippen LogP contribution in [0.3, 0.4) is 0 Å². The molecule has 0 aromatic heterocycles. The summed E-state index contributed by atoms with van der Waals surface area (Å²) in [7, 11) is -3.76. The molecule has 1 rings (SSSR count). The Labute approximate surface area is 103 Å². The van der Waals surface area contributed by atoms with Gasteiger partial charge in [0.05, 0.1) is 12.2 Å². The molecule has 0 bridgehead atoms. The highest BCUT2D eigenvalue weighted by Gasteiger charge is 2.19. The number of carboxylic acid groups (broad SMARTS) is 1. The van der Waals surface area contributed by atoms with Crippen LogP contribution in [-0.2, 0) is 14.6 Å². The van der Waals surface area contributed by atoms with Crippen LogP contribution >= 0.6 is 0 Å². The number of Topliss-reactive ketones (excluding diaryl/α,β-unsaturated/α-hetero) is 1. The molecule has 98 valence electrons. The molecule has 0 unspecified atom stereocenters. The molecule has 0 amide bonds. The number of carbonyl (C=O) groups excluding carboxylic acids is 1. The zero-order valence-electron chi connectivity index (χ0n) is 9.30. The second-order valence-corrected chi connectivity index (χ2v) is 5.85. The summed E-state index contributed by atoms with van der Waals surface area (Å²) in [6.07, 6.45) is -0.543. The second kappa shape index (κ2) is 5.72. The minimum atomic E-state index is -3.76. The predicted octanol–water partition coefficient (Wildman–Crippen LogP) is 0.898. The van der Waals surface area contributed by atoms with Crippen LogP contribution in [0, 0.1) is 5.82 Å². The standard InChI is InChI=1S/C11H11FO5S/c12-9-3-1-8(2-4-9)10(13)7-18(16,17)6-5-11(14)15/h1-4H,5-7H2,(H,14,15). The first-order valence-electron chi connectivity index (χ1n) is 5.01. The summed E-state index contributed by atoms with van der Waals surface area (Å²) in [6.45, 7) is 0. The van der Waals surface area contributed by atoms with Gasteiger partial charge in [-0.2, -0.15) is 0 Å². The van der Waals surface area contributed by atoms with Gasteiger partial charge < -0.3 is 5.11 Å². The lowest BCUT2D eigenvalue weighted by Crippen LogP contribution is -2.20. The van der Waals surface area contributed by atoms with Gasteiger partial charge in [0.1, 0.15) is 11.6 Å². The Kier molecular flexibility index (Phi) is 4.55. The average molecular weight is 274 g/mol. The summed E-state index contributed by atoms with van der Waals surface area (Å²) >= 11 is 0. The van der Waals surface area contributed by atoms with E-state index in [0.717, 1.165) is 12.1 Å². The third-order valence-electron chi connectivity index (χ3n) is 2.14. The van der Waals surface area contributed by atoms with Crippen molar-refractivity contribution in [2.45, 2.75) is 6.42 Å². The molecule has 1 N–H and O–H groups in total. The van der Waals surface area contributed by atoms with Crippen molar-refractivity contribution >= 4 is 21.6 Å². The highest BCUT2D eigenvalue weighted by Crippen LogP contribution is 2.06. The van der Waals surface area contributed by atoms with E-state index in [1.807, 2.05) is 0 Å². The highest BCUT2D eigenvalue weighted by atomic mass is 32.2. The normalized spacial score (nSPS) is 11.2. The number of benzene rings is 1. The van der Waals surface area contributed by atoms with Crippen LogP contribution in [-0.4, -0.2) is 36.8 Å². The fraction of sp³-hybridized carbons (Fsp3) is 0.273. The molecule has 0 saturated carbocycles. The van der Waals surface area contributed by atoms with Crippen molar-refractivity contribution in [2.75, 3.05) is 11.5 Å². The molecule has 5 nitrogen and oxygen atoms in total. The summed E-state index contributed by atoms with van der Waals surface area (Å²) in [5, 5.41) is 8.37. The van der Waals surface area contributed by atoms with Crippen molar-refractivity contribution in [3.05, 3.63) is 35.6 Å². The van der Waals surface area contributed by atoms with Gasteiger partial charge in [0.15, 0.2) is 15.6 Å². The Bertz CT molecular complexity index is 547. The average Bonchev–Trinajstić information content (AvgIpc) is 2.27. The van der Waals surface area contributed by atoms with Crippen LogP contribution in [0.25, 0.3) is 0 Å². The minimum Gasteiger partial charge on any atom is -0.481 e. The van der Waals surface area contributed by atoms with Crippen LogP contribution in [0.1, 0.15) is 16.8 Å². The molecule has 0 aliphatic heterocycles.